The highest BCUT2D eigenvalue weighted by Gasteiger charge is 2.15. The molecule has 0 radical (unpaired) electrons. The van der Waals surface area contributed by atoms with Gasteiger partial charge in [0.05, 0.1) is 23.6 Å². The molecule has 22 heavy (non-hydrogen) atoms. The summed E-state index contributed by atoms with van der Waals surface area (Å²) in [6, 6.07) is 9.69. The molecule has 112 valence electrons. The summed E-state index contributed by atoms with van der Waals surface area (Å²) in [7, 11) is 0. The largest absolute Gasteiger partial charge is 0.306 e. The van der Waals surface area contributed by atoms with Crippen LogP contribution in [0, 0.1) is 6.92 Å². The van der Waals surface area contributed by atoms with E-state index in [1.54, 1.807) is 28.0 Å². The number of nitrogens with one attached hydrogen (secondary N) is 1. The first-order valence-corrected chi connectivity index (χ1v) is 7.13. The van der Waals surface area contributed by atoms with E-state index < -0.39 is 0 Å². The molecule has 1 amide bonds. The molecule has 0 fully saturated rings. The molecule has 6 nitrogen and oxygen atoms in total. The second kappa shape index (κ2) is 5.85. The van der Waals surface area contributed by atoms with Crippen molar-refractivity contribution in [3.63, 3.8) is 0 Å². The molecule has 3 rings (SSSR count). The third-order valence-corrected chi connectivity index (χ3v) is 3.40. The lowest BCUT2D eigenvalue weighted by Crippen LogP contribution is -2.15. The van der Waals surface area contributed by atoms with Gasteiger partial charge in [-0.2, -0.15) is 10.2 Å². The lowest BCUT2D eigenvalue weighted by atomic mass is 10.3. The Morgan fingerprint density at radius 3 is 2.64 bits per heavy atom. The zero-order valence-corrected chi connectivity index (χ0v) is 12.5. The average Bonchev–Trinajstić information content (AvgIpc) is 3.16. The fourth-order valence-corrected chi connectivity index (χ4v) is 2.18. The highest BCUT2D eigenvalue weighted by atomic mass is 16.1. The van der Waals surface area contributed by atoms with E-state index in [4.69, 9.17) is 0 Å². The monoisotopic (exact) mass is 295 g/mol. The number of rotatable bonds is 4. The van der Waals surface area contributed by atoms with Crippen molar-refractivity contribution in [1.29, 1.82) is 0 Å². The van der Waals surface area contributed by atoms with Gasteiger partial charge in [-0.15, -0.1) is 0 Å². The minimum atomic E-state index is -0.194. The highest BCUT2D eigenvalue weighted by Crippen LogP contribution is 2.20. The van der Waals surface area contributed by atoms with Crippen LogP contribution >= 0.6 is 0 Å². The van der Waals surface area contributed by atoms with Crippen molar-refractivity contribution in [3.05, 3.63) is 60.0 Å². The van der Waals surface area contributed by atoms with E-state index in [9.17, 15) is 4.79 Å². The van der Waals surface area contributed by atoms with Crippen molar-refractivity contribution >= 4 is 11.7 Å². The van der Waals surface area contributed by atoms with Gasteiger partial charge in [-0.3, -0.25) is 9.48 Å². The van der Waals surface area contributed by atoms with Gasteiger partial charge in [0.1, 0.15) is 5.82 Å². The van der Waals surface area contributed by atoms with Gasteiger partial charge in [0.15, 0.2) is 0 Å². The summed E-state index contributed by atoms with van der Waals surface area (Å²) in [6.07, 6.45) is 5.03. The van der Waals surface area contributed by atoms with Gasteiger partial charge < -0.3 is 5.32 Å². The zero-order chi connectivity index (χ0) is 15.5. The van der Waals surface area contributed by atoms with E-state index in [-0.39, 0.29) is 5.91 Å². The summed E-state index contributed by atoms with van der Waals surface area (Å²) in [5.74, 6) is 0.473. The van der Waals surface area contributed by atoms with Crippen LogP contribution in [0.25, 0.3) is 5.69 Å². The van der Waals surface area contributed by atoms with Crippen molar-refractivity contribution in [2.45, 2.75) is 20.4 Å². The lowest BCUT2D eigenvalue weighted by Gasteiger charge is -2.09. The van der Waals surface area contributed by atoms with E-state index in [1.807, 2.05) is 44.2 Å². The van der Waals surface area contributed by atoms with Crippen LogP contribution in [0.3, 0.4) is 0 Å². The second-order valence-corrected chi connectivity index (χ2v) is 4.96. The molecule has 0 unspecified atom stereocenters. The molecule has 0 atom stereocenters. The van der Waals surface area contributed by atoms with E-state index in [1.165, 1.54) is 0 Å². The SMILES string of the molecule is CCn1cc(C(=O)Nc2c(C)cnn2-c2ccccc2)cn1. The number of para-hydroxylation sites is 1. The number of carbonyl (C=O) groups excluding carboxylic acids is 1. The standard InChI is InChI=1S/C16H17N5O/c1-3-20-11-13(10-17-20)16(22)19-15-12(2)9-18-21(15)14-7-5-4-6-8-14/h4-11H,3H2,1-2H3,(H,19,22). The van der Waals surface area contributed by atoms with Crippen LogP contribution in [0.1, 0.15) is 22.8 Å². The number of hydrogen-bond donors (Lipinski definition) is 1. The van der Waals surface area contributed by atoms with Gasteiger partial charge in [-0.05, 0) is 26.0 Å². The number of nitrogens with zero attached hydrogens (tertiary/aromatic N) is 4. The van der Waals surface area contributed by atoms with E-state index >= 15 is 0 Å². The van der Waals surface area contributed by atoms with Gasteiger partial charge >= 0.3 is 0 Å². The predicted molar refractivity (Wildman–Crippen MR) is 84.2 cm³/mol. The Morgan fingerprint density at radius 1 is 1.18 bits per heavy atom. The van der Waals surface area contributed by atoms with Gasteiger partial charge in [-0.1, -0.05) is 18.2 Å². The summed E-state index contributed by atoms with van der Waals surface area (Å²) in [6.45, 7) is 4.62. The Hall–Kier alpha value is -2.89. The summed E-state index contributed by atoms with van der Waals surface area (Å²) >= 11 is 0. The topological polar surface area (TPSA) is 64.7 Å². The van der Waals surface area contributed by atoms with Crippen LogP contribution in [-0.4, -0.2) is 25.5 Å². The molecule has 0 saturated carbocycles. The molecule has 0 aliphatic rings. The Morgan fingerprint density at radius 2 is 1.95 bits per heavy atom. The first-order valence-electron chi connectivity index (χ1n) is 7.13. The number of aromatic nitrogens is 4. The van der Waals surface area contributed by atoms with Crippen molar-refractivity contribution < 1.29 is 4.79 Å². The van der Waals surface area contributed by atoms with E-state index in [2.05, 4.69) is 15.5 Å². The number of anilines is 1. The molecular weight excluding hydrogens is 278 g/mol. The van der Waals surface area contributed by atoms with Crippen molar-refractivity contribution in [3.8, 4) is 5.69 Å². The molecule has 0 spiro atoms. The number of benzene rings is 1. The fourth-order valence-electron chi connectivity index (χ4n) is 2.18. The molecule has 6 heteroatoms. The fraction of sp³-hybridized carbons (Fsp3) is 0.188. The van der Waals surface area contributed by atoms with Gasteiger partial charge in [0, 0.05) is 18.3 Å². The predicted octanol–water partition coefficient (Wildman–Crippen LogP) is 2.65. The van der Waals surface area contributed by atoms with Crippen LogP contribution in [0.5, 0.6) is 0 Å². The number of amides is 1. The average molecular weight is 295 g/mol. The van der Waals surface area contributed by atoms with Crippen molar-refractivity contribution in [1.82, 2.24) is 19.6 Å². The third-order valence-electron chi connectivity index (χ3n) is 3.40. The quantitative estimate of drug-likeness (QED) is 0.804. The summed E-state index contributed by atoms with van der Waals surface area (Å²) in [4.78, 5) is 12.4. The first kappa shape index (κ1) is 14.1. The van der Waals surface area contributed by atoms with E-state index in [0.717, 1.165) is 17.8 Å². The Balaban J connectivity index is 1.89. The maximum absolute atomic E-state index is 12.4. The first-order chi connectivity index (χ1) is 10.7. The lowest BCUT2D eigenvalue weighted by molar-refractivity contribution is 0.102. The third kappa shape index (κ3) is 2.63. The smallest absolute Gasteiger partial charge is 0.260 e. The minimum Gasteiger partial charge on any atom is -0.306 e. The van der Waals surface area contributed by atoms with Gasteiger partial charge in [0.2, 0.25) is 0 Å². The number of hydrogen-bond acceptors (Lipinski definition) is 3. The van der Waals surface area contributed by atoms with E-state index in [0.29, 0.717) is 11.4 Å². The summed E-state index contributed by atoms with van der Waals surface area (Å²) in [5, 5.41) is 11.4. The molecule has 2 heterocycles. The highest BCUT2D eigenvalue weighted by molar-refractivity contribution is 6.03. The van der Waals surface area contributed by atoms with Crippen LogP contribution in [0.15, 0.2) is 48.9 Å². The van der Waals surface area contributed by atoms with Crippen LogP contribution in [-0.2, 0) is 6.54 Å². The molecule has 1 N–H and O–H groups in total. The second-order valence-electron chi connectivity index (χ2n) is 4.96. The maximum Gasteiger partial charge on any atom is 0.260 e. The molecule has 0 aliphatic carbocycles. The van der Waals surface area contributed by atoms with Gasteiger partial charge in [0.25, 0.3) is 5.91 Å². The van der Waals surface area contributed by atoms with Crippen LogP contribution in [0.4, 0.5) is 5.82 Å². The molecule has 0 saturated heterocycles. The molecule has 0 bridgehead atoms. The van der Waals surface area contributed by atoms with Crippen LogP contribution in [0.2, 0.25) is 0 Å². The number of carbonyl (C=O) groups is 1. The summed E-state index contributed by atoms with van der Waals surface area (Å²) < 4.78 is 3.44. The molecule has 3 aromatic rings. The molecule has 1 aromatic carbocycles. The molecule has 2 aromatic heterocycles. The Labute approximate surface area is 128 Å². The normalized spacial score (nSPS) is 10.6. The Kier molecular flexibility index (Phi) is 3.74. The maximum atomic E-state index is 12.4. The van der Waals surface area contributed by atoms with Crippen molar-refractivity contribution in [2.24, 2.45) is 0 Å². The zero-order valence-electron chi connectivity index (χ0n) is 12.5. The summed E-state index contributed by atoms with van der Waals surface area (Å²) in [5.41, 5.74) is 2.33. The van der Waals surface area contributed by atoms with Gasteiger partial charge in [-0.25, -0.2) is 4.68 Å². The van der Waals surface area contributed by atoms with Crippen LogP contribution < -0.4 is 5.32 Å². The molecular formula is C16H17N5O. The Bertz CT molecular complexity index is 788. The van der Waals surface area contributed by atoms with Crippen molar-refractivity contribution in [2.75, 3.05) is 5.32 Å². The molecule has 0 aliphatic heterocycles. The number of aryl methyl sites for hydroxylation is 2. The minimum absolute atomic E-state index is 0.194.